The van der Waals surface area contributed by atoms with Crippen LogP contribution in [0.15, 0.2) is 47.7 Å². The highest BCUT2D eigenvalue weighted by molar-refractivity contribution is 14.0. The lowest BCUT2D eigenvalue weighted by atomic mass is 10.2. The van der Waals surface area contributed by atoms with Crippen LogP contribution in [-0.4, -0.2) is 60.4 Å². The van der Waals surface area contributed by atoms with E-state index < -0.39 is 0 Å². The van der Waals surface area contributed by atoms with Crippen molar-refractivity contribution >= 4 is 35.6 Å². The van der Waals surface area contributed by atoms with Gasteiger partial charge >= 0.3 is 0 Å². The van der Waals surface area contributed by atoms with E-state index >= 15 is 0 Å². The fraction of sp³-hybridized carbons (Fsp3) is 0.444. The Morgan fingerprint density at radius 2 is 1.96 bits per heavy atom. The predicted octanol–water partition coefficient (Wildman–Crippen LogP) is 2.43. The molecule has 1 aromatic carbocycles. The molecule has 26 heavy (non-hydrogen) atoms. The highest BCUT2D eigenvalue weighted by Crippen LogP contribution is 2.20. The quantitative estimate of drug-likeness (QED) is 0.315. The van der Waals surface area contributed by atoms with Crippen LogP contribution in [0.2, 0.25) is 0 Å². The summed E-state index contributed by atoms with van der Waals surface area (Å²) in [7, 11) is 1.80. The summed E-state index contributed by atoms with van der Waals surface area (Å²) in [6.07, 6.45) is 4.74. The van der Waals surface area contributed by atoms with E-state index in [-0.39, 0.29) is 29.8 Å². The number of rotatable bonds is 5. The number of aliphatic imine (C=N–C) groups is 1. The van der Waals surface area contributed by atoms with Gasteiger partial charge in [0.05, 0.1) is 5.69 Å². The minimum atomic E-state index is -0.155. The average Bonchev–Trinajstić information content (AvgIpc) is 3.16. The minimum Gasteiger partial charge on any atom is -0.366 e. The number of hydrogen-bond donors (Lipinski definition) is 1. The van der Waals surface area contributed by atoms with Gasteiger partial charge in [-0.15, -0.1) is 24.0 Å². The standard InChI is InChI=1S/C18H25FN6.HI/c1-20-18(21-8-4-10-25-11-5-9-22-25)24-14-12-23(13-15-24)17-7-3-2-6-16(17)19;/h2-3,5-7,9,11H,4,8,10,12-15H2,1H3,(H,20,21);1H. The first-order valence-electron chi connectivity index (χ1n) is 8.70. The molecule has 0 spiro atoms. The Balaban J connectivity index is 0.00000243. The normalized spacial score (nSPS) is 14.9. The Hall–Kier alpha value is -1.84. The molecule has 0 radical (unpaired) electrons. The van der Waals surface area contributed by atoms with E-state index in [4.69, 9.17) is 0 Å². The van der Waals surface area contributed by atoms with Crippen LogP contribution in [-0.2, 0) is 6.54 Å². The summed E-state index contributed by atoms with van der Waals surface area (Å²) in [5.41, 5.74) is 0.685. The summed E-state index contributed by atoms with van der Waals surface area (Å²) in [5.74, 6) is 0.755. The molecule has 0 saturated carbocycles. The zero-order valence-electron chi connectivity index (χ0n) is 15.0. The third-order valence-corrected chi connectivity index (χ3v) is 4.39. The number of nitrogens with zero attached hydrogens (tertiary/aromatic N) is 5. The summed E-state index contributed by atoms with van der Waals surface area (Å²) in [6.45, 7) is 4.96. The fourth-order valence-electron chi connectivity index (χ4n) is 3.07. The van der Waals surface area contributed by atoms with E-state index in [0.717, 1.165) is 51.6 Å². The molecule has 0 unspecified atom stereocenters. The number of anilines is 1. The Kier molecular flexibility index (Phi) is 8.14. The monoisotopic (exact) mass is 472 g/mol. The van der Waals surface area contributed by atoms with E-state index in [1.807, 2.05) is 29.1 Å². The molecule has 3 rings (SSSR count). The van der Waals surface area contributed by atoms with Gasteiger partial charge in [0.15, 0.2) is 5.96 Å². The molecular weight excluding hydrogens is 446 g/mol. The second kappa shape index (κ2) is 10.3. The summed E-state index contributed by atoms with van der Waals surface area (Å²) < 4.78 is 15.8. The lowest BCUT2D eigenvalue weighted by Crippen LogP contribution is -2.52. The highest BCUT2D eigenvalue weighted by atomic mass is 127. The largest absolute Gasteiger partial charge is 0.366 e. The number of aromatic nitrogens is 2. The van der Waals surface area contributed by atoms with Gasteiger partial charge in [-0.1, -0.05) is 12.1 Å². The summed E-state index contributed by atoms with van der Waals surface area (Å²) in [4.78, 5) is 8.70. The van der Waals surface area contributed by atoms with Crippen molar-refractivity contribution < 1.29 is 4.39 Å². The number of piperazine rings is 1. The third kappa shape index (κ3) is 5.33. The van der Waals surface area contributed by atoms with Gasteiger partial charge < -0.3 is 15.1 Å². The van der Waals surface area contributed by atoms with Crippen molar-refractivity contribution in [2.24, 2.45) is 4.99 Å². The molecule has 1 aromatic heterocycles. The summed E-state index contributed by atoms with van der Waals surface area (Å²) in [5, 5.41) is 7.61. The van der Waals surface area contributed by atoms with Crippen LogP contribution >= 0.6 is 24.0 Å². The Labute approximate surface area is 171 Å². The van der Waals surface area contributed by atoms with Crippen LogP contribution in [0.3, 0.4) is 0 Å². The lowest BCUT2D eigenvalue weighted by Gasteiger charge is -2.37. The first-order chi connectivity index (χ1) is 12.3. The molecular formula is C18H26FIN6. The van der Waals surface area contributed by atoms with Gasteiger partial charge in [0.1, 0.15) is 5.82 Å². The fourth-order valence-corrected chi connectivity index (χ4v) is 3.07. The van der Waals surface area contributed by atoms with Gasteiger partial charge in [0.2, 0.25) is 0 Å². The molecule has 0 amide bonds. The average molecular weight is 472 g/mol. The van der Waals surface area contributed by atoms with Crippen molar-refractivity contribution in [3.8, 4) is 0 Å². The SMILES string of the molecule is CN=C(NCCCn1cccn1)N1CCN(c2ccccc2F)CC1.I. The van der Waals surface area contributed by atoms with Gasteiger partial charge in [0.25, 0.3) is 0 Å². The minimum absolute atomic E-state index is 0. The van der Waals surface area contributed by atoms with Crippen LogP contribution in [0, 0.1) is 5.82 Å². The van der Waals surface area contributed by atoms with Crippen molar-refractivity contribution in [3.05, 3.63) is 48.5 Å². The first-order valence-corrected chi connectivity index (χ1v) is 8.70. The highest BCUT2D eigenvalue weighted by Gasteiger charge is 2.21. The van der Waals surface area contributed by atoms with Gasteiger partial charge in [-0.3, -0.25) is 9.67 Å². The Morgan fingerprint density at radius 3 is 2.62 bits per heavy atom. The van der Waals surface area contributed by atoms with Gasteiger partial charge in [-0.2, -0.15) is 5.10 Å². The van der Waals surface area contributed by atoms with Crippen LogP contribution in [0.5, 0.6) is 0 Å². The maximum absolute atomic E-state index is 13.9. The maximum atomic E-state index is 13.9. The van der Waals surface area contributed by atoms with E-state index in [0.29, 0.717) is 5.69 Å². The molecule has 0 bridgehead atoms. The molecule has 0 atom stereocenters. The van der Waals surface area contributed by atoms with Crippen LogP contribution in [0.4, 0.5) is 10.1 Å². The third-order valence-electron chi connectivity index (χ3n) is 4.39. The molecule has 1 fully saturated rings. The number of halogens is 2. The van der Waals surface area contributed by atoms with Crippen molar-refractivity contribution in [1.82, 2.24) is 20.0 Å². The molecule has 1 N–H and O–H groups in total. The molecule has 0 aliphatic carbocycles. The molecule has 8 heteroatoms. The van der Waals surface area contributed by atoms with E-state index in [2.05, 4.69) is 25.2 Å². The van der Waals surface area contributed by atoms with Crippen molar-refractivity contribution in [2.75, 3.05) is 44.7 Å². The van der Waals surface area contributed by atoms with E-state index in [1.165, 1.54) is 6.07 Å². The van der Waals surface area contributed by atoms with Crippen LogP contribution < -0.4 is 10.2 Å². The first kappa shape index (κ1) is 20.5. The number of benzene rings is 1. The Bertz CT molecular complexity index is 683. The van der Waals surface area contributed by atoms with Gasteiger partial charge in [0, 0.05) is 58.7 Å². The zero-order chi connectivity index (χ0) is 17.5. The molecule has 1 aliphatic heterocycles. The van der Waals surface area contributed by atoms with Crippen LogP contribution in [0.1, 0.15) is 6.42 Å². The number of aryl methyl sites for hydroxylation is 1. The second-order valence-electron chi connectivity index (χ2n) is 6.02. The van der Waals surface area contributed by atoms with Crippen molar-refractivity contribution in [1.29, 1.82) is 0 Å². The smallest absolute Gasteiger partial charge is 0.193 e. The number of guanidine groups is 1. The maximum Gasteiger partial charge on any atom is 0.193 e. The van der Waals surface area contributed by atoms with E-state index in [9.17, 15) is 4.39 Å². The van der Waals surface area contributed by atoms with Crippen molar-refractivity contribution in [2.45, 2.75) is 13.0 Å². The van der Waals surface area contributed by atoms with Gasteiger partial charge in [-0.25, -0.2) is 4.39 Å². The molecule has 1 saturated heterocycles. The molecule has 2 aromatic rings. The number of hydrogen-bond acceptors (Lipinski definition) is 3. The topological polar surface area (TPSA) is 48.7 Å². The zero-order valence-corrected chi connectivity index (χ0v) is 17.3. The lowest BCUT2D eigenvalue weighted by molar-refractivity contribution is 0.370. The molecule has 2 heterocycles. The summed E-state index contributed by atoms with van der Waals surface area (Å²) >= 11 is 0. The van der Waals surface area contributed by atoms with E-state index in [1.54, 1.807) is 19.3 Å². The molecule has 142 valence electrons. The second-order valence-corrected chi connectivity index (χ2v) is 6.02. The predicted molar refractivity (Wildman–Crippen MR) is 114 cm³/mol. The molecule has 6 nitrogen and oxygen atoms in total. The van der Waals surface area contributed by atoms with Crippen molar-refractivity contribution in [3.63, 3.8) is 0 Å². The number of nitrogens with one attached hydrogen (secondary N) is 1. The molecule has 1 aliphatic rings. The van der Waals surface area contributed by atoms with Crippen LogP contribution in [0.25, 0.3) is 0 Å². The Morgan fingerprint density at radius 1 is 1.19 bits per heavy atom. The van der Waals surface area contributed by atoms with Gasteiger partial charge in [-0.05, 0) is 24.6 Å². The number of para-hydroxylation sites is 1. The summed E-state index contributed by atoms with van der Waals surface area (Å²) in [6, 6.07) is 8.89.